The number of rotatable bonds is 4. The van der Waals surface area contributed by atoms with Gasteiger partial charge in [0, 0.05) is 10.4 Å². The highest BCUT2D eigenvalue weighted by molar-refractivity contribution is 6.36. The highest BCUT2D eigenvalue weighted by atomic mass is 35.5. The molecule has 4 heteroatoms. The molecule has 4 rings (SSSR count). The fraction of sp³-hybridized carbons (Fsp3) is 0.136. The molecule has 1 aliphatic rings. The molecule has 1 N–H and O–H groups in total. The molecule has 130 valence electrons. The van der Waals surface area contributed by atoms with Crippen molar-refractivity contribution in [3.8, 4) is 0 Å². The smallest absolute Gasteiger partial charge is 0.228 e. The Labute approximate surface area is 162 Å². The molecule has 0 spiro atoms. The van der Waals surface area contributed by atoms with Crippen LogP contribution in [0, 0.1) is 5.92 Å². The van der Waals surface area contributed by atoms with E-state index in [0.29, 0.717) is 15.7 Å². The lowest BCUT2D eigenvalue weighted by atomic mass is 9.85. The van der Waals surface area contributed by atoms with Gasteiger partial charge in [-0.05, 0) is 35.7 Å². The van der Waals surface area contributed by atoms with Crippen LogP contribution in [0.15, 0.2) is 78.9 Å². The summed E-state index contributed by atoms with van der Waals surface area (Å²) in [5, 5.41) is 3.95. The van der Waals surface area contributed by atoms with E-state index < -0.39 is 0 Å². The van der Waals surface area contributed by atoms with Crippen molar-refractivity contribution in [3.05, 3.63) is 100 Å². The molecule has 0 bridgehead atoms. The molecule has 0 saturated heterocycles. The lowest BCUT2D eigenvalue weighted by Crippen LogP contribution is -2.22. The molecular formula is C22H17Cl2NO. The van der Waals surface area contributed by atoms with Gasteiger partial charge in [0.15, 0.2) is 0 Å². The van der Waals surface area contributed by atoms with Gasteiger partial charge in [0.25, 0.3) is 0 Å². The Morgan fingerprint density at radius 2 is 1.46 bits per heavy atom. The van der Waals surface area contributed by atoms with Crippen molar-refractivity contribution in [2.45, 2.75) is 11.8 Å². The van der Waals surface area contributed by atoms with Gasteiger partial charge < -0.3 is 5.32 Å². The van der Waals surface area contributed by atoms with Gasteiger partial charge in [0.1, 0.15) is 0 Å². The lowest BCUT2D eigenvalue weighted by molar-refractivity contribution is -0.117. The molecule has 26 heavy (non-hydrogen) atoms. The van der Waals surface area contributed by atoms with Gasteiger partial charge >= 0.3 is 0 Å². The third-order valence-electron chi connectivity index (χ3n) is 5.04. The van der Waals surface area contributed by atoms with Crippen LogP contribution in [-0.4, -0.2) is 5.91 Å². The third-order valence-corrected chi connectivity index (χ3v) is 5.59. The molecule has 1 unspecified atom stereocenters. The third kappa shape index (κ3) is 3.00. The summed E-state index contributed by atoms with van der Waals surface area (Å²) >= 11 is 12.1. The maximum absolute atomic E-state index is 13.0. The van der Waals surface area contributed by atoms with Crippen LogP contribution in [0.25, 0.3) is 0 Å². The molecule has 0 aromatic heterocycles. The molecule has 0 aliphatic heterocycles. The van der Waals surface area contributed by atoms with Crippen LogP contribution in [0.4, 0.5) is 5.69 Å². The highest BCUT2D eigenvalue weighted by Gasteiger charge is 2.60. The first-order valence-electron chi connectivity index (χ1n) is 8.48. The minimum atomic E-state index is -0.286. The summed E-state index contributed by atoms with van der Waals surface area (Å²) in [6.07, 6.45) is 0.776. The molecule has 0 radical (unpaired) electrons. The number of benzene rings is 3. The van der Waals surface area contributed by atoms with Crippen molar-refractivity contribution in [2.75, 3.05) is 5.32 Å². The summed E-state index contributed by atoms with van der Waals surface area (Å²) in [6.45, 7) is 0. The Morgan fingerprint density at radius 3 is 2.00 bits per heavy atom. The minimum Gasteiger partial charge on any atom is -0.324 e. The summed E-state index contributed by atoms with van der Waals surface area (Å²) in [7, 11) is 0. The van der Waals surface area contributed by atoms with Crippen LogP contribution < -0.4 is 5.32 Å². The van der Waals surface area contributed by atoms with Crippen molar-refractivity contribution in [3.63, 3.8) is 0 Å². The van der Waals surface area contributed by atoms with Crippen LogP contribution in [0.3, 0.4) is 0 Å². The van der Waals surface area contributed by atoms with Crippen LogP contribution >= 0.6 is 23.2 Å². The van der Waals surface area contributed by atoms with Crippen molar-refractivity contribution in [1.82, 2.24) is 0 Å². The van der Waals surface area contributed by atoms with Crippen LogP contribution in [0.1, 0.15) is 17.5 Å². The van der Waals surface area contributed by atoms with Crippen molar-refractivity contribution in [1.29, 1.82) is 0 Å². The maximum atomic E-state index is 13.0. The van der Waals surface area contributed by atoms with E-state index in [0.717, 1.165) is 17.5 Å². The quantitative estimate of drug-likeness (QED) is 0.595. The number of anilines is 1. The Hall–Kier alpha value is -2.29. The Bertz CT molecular complexity index is 901. The van der Waals surface area contributed by atoms with E-state index in [9.17, 15) is 4.79 Å². The number of carbonyl (C=O) groups is 1. The first-order chi connectivity index (χ1) is 12.6. The number of hydrogen-bond acceptors (Lipinski definition) is 1. The van der Waals surface area contributed by atoms with E-state index in [1.807, 2.05) is 36.4 Å². The molecule has 1 aliphatic carbocycles. The van der Waals surface area contributed by atoms with Crippen LogP contribution in [0.5, 0.6) is 0 Å². The fourth-order valence-electron chi connectivity index (χ4n) is 3.67. The number of halogens is 2. The summed E-state index contributed by atoms with van der Waals surface area (Å²) in [4.78, 5) is 13.0. The maximum Gasteiger partial charge on any atom is 0.228 e. The molecule has 1 amide bonds. The predicted octanol–water partition coefficient (Wildman–Crippen LogP) is 5.94. The van der Waals surface area contributed by atoms with Gasteiger partial charge in [-0.25, -0.2) is 0 Å². The molecule has 1 atom stereocenters. The van der Waals surface area contributed by atoms with E-state index in [4.69, 9.17) is 23.2 Å². The van der Waals surface area contributed by atoms with Gasteiger partial charge in [-0.15, -0.1) is 0 Å². The van der Waals surface area contributed by atoms with Gasteiger partial charge in [-0.1, -0.05) is 83.9 Å². The summed E-state index contributed by atoms with van der Waals surface area (Å²) in [5.41, 5.74) is 2.62. The second-order valence-corrected chi connectivity index (χ2v) is 7.42. The first kappa shape index (κ1) is 17.1. The monoisotopic (exact) mass is 381 g/mol. The second-order valence-electron chi connectivity index (χ2n) is 6.57. The van der Waals surface area contributed by atoms with E-state index in [1.165, 1.54) is 0 Å². The SMILES string of the molecule is O=C(Nc1ccc(Cl)cc1Cl)C1CC1(c1ccccc1)c1ccccc1. The minimum absolute atomic E-state index is 0.0260. The highest BCUT2D eigenvalue weighted by Crippen LogP contribution is 2.59. The summed E-state index contributed by atoms with van der Waals surface area (Å²) < 4.78 is 0. The van der Waals surface area contributed by atoms with Gasteiger partial charge in [0.2, 0.25) is 5.91 Å². The van der Waals surface area contributed by atoms with Gasteiger partial charge in [-0.2, -0.15) is 0 Å². The molecule has 1 fully saturated rings. The normalized spacial score (nSPS) is 17.5. The van der Waals surface area contributed by atoms with E-state index in [-0.39, 0.29) is 17.2 Å². The summed E-state index contributed by atoms with van der Waals surface area (Å²) in [6, 6.07) is 25.5. The molecule has 2 nitrogen and oxygen atoms in total. The molecule has 3 aromatic rings. The number of nitrogens with one attached hydrogen (secondary N) is 1. The molecular weight excluding hydrogens is 365 g/mol. The number of amides is 1. The zero-order valence-corrected chi connectivity index (χ0v) is 15.5. The predicted molar refractivity (Wildman–Crippen MR) is 107 cm³/mol. The molecule has 3 aromatic carbocycles. The molecule has 0 heterocycles. The van der Waals surface area contributed by atoms with Crippen molar-refractivity contribution in [2.24, 2.45) is 5.92 Å². The van der Waals surface area contributed by atoms with E-state index >= 15 is 0 Å². The first-order valence-corrected chi connectivity index (χ1v) is 9.24. The lowest BCUT2D eigenvalue weighted by Gasteiger charge is -2.19. The van der Waals surface area contributed by atoms with Gasteiger partial charge in [-0.3, -0.25) is 4.79 Å². The zero-order valence-electron chi connectivity index (χ0n) is 14.0. The summed E-state index contributed by atoms with van der Waals surface area (Å²) in [5.74, 6) is -0.166. The van der Waals surface area contributed by atoms with Gasteiger partial charge in [0.05, 0.1) is 16.6 Å². The topological polar surface area (TPSA) is 29.1 Å². The Morgan fingerprint density at radius 1 is 0.885 bits per heavy atom. The van der Waals surface area contributed by atoms with E-state index in [1.54, 1.807) is 18.2 Å². The fourth-order valence-corrected chi connectivity index (χ4v) is 4.12. The number of carbonyl (C=O) groups excluding carboxylic acids is 1. The van der Waals surface area contributed by atoms with E-state index in [2.05, 4.69) is 29.6 Å². The van der Waals surface area contributed by atoms with Crippen LogP contribution in [0.2, 0.25) is 10.0 Å². The number of hydrogen-bond donors (Lipinski definition) is 1. The van der Waals surface area contributed by atoms with Crippen molar-refractivity contribution < 1.29 is 4.79 Å². The average Bonchev–Trinajstić information content (AvgIpc) is 3.43. The second kappa shape index (κ2) is 6.79. The Kier molecular flexibility index (Phi) is 4.47. The Balaban J connectivity index is 1.65. The zero-order chi connectivity index (χ0) is 18.1. The average molecular weight is 382 g/mol. The molecule has 1 saturated carbocycles. The van der Waals surface area contributed by atoms with Crippen LogP contribution in [-0.2, 0) is 10.2 Å². The largest absolute Gasteiger partial charge is 0.324 e. The standard InChI is InChI=1S/C22H17Cl2NO/c23-17-11-12-20(19(24)13-17)25-21(26)18-14-22(18,15-7-3-1-4-8-15)16-9-5-2-6-10-16/h1-13,18H,14H2,(H,25,26). The van der Waals surface area contributed by atoms with Crippen molar-refractivity contribution >= 4 is 34.8 Å².